The largest absolute Gasteiger partial charge is 0.449 e. The quantitative estimate of drug-likeness (QED) is 0.648. The molecule has 0 saturated carbocycles. The molecule has 0 unspecified atom stereocenters. The van der Waals surface area contributed by atoms with Crippen molar-refractivity contribution in [3.63, 3.8) is 0 Å². The summed E-state index contributed by atoms with van der Waals surface area (Å²) in [6, 6.07) is 13.6. The fourth-order valence-electron chi connectivity index (χ4n) is 2.98. The molecule has 2 aromatic rings. The van der Waals surface area contributed by atoms with Gasteiger partial charge in [-0.25, -0.2) is 0 Å². The van der Waals surface area contributed by atoms with Gasteiger partial charge < -0.3 is 20.3 Å². The highest BCUT2D eigenvalue weighted by atomic mass is 16.5. The number of nitrogens with zero attached hydrogens (tertiary/aromatic N) is 2. The lowest BCUT2D eigenvalue weighted by molar-refractivity contribution is -0.117. The van der Waals surface area contributed by atoms with Gasteiger partial charge in [-0.1, -0.05) is 38.1 Å². The maximum atomic E-state index is 13.1. The van der Waals surface area contributed by atoms with Gasteiger partial charge in [0.1, 0.15) is 0 Å². The predicted octanol–water partition coefficient (Wildman–Crippen LogP) is 3.72. The number of ether oxygens (including phenoxy) is 1. The average Bonchev–Trinajstić information content (AvgIpc) is 2.62. The summed E-state index contributed by atoms with van der Waals surface area (Å²) < 4.78 is 5.92. The summed E-state index contributed by atoms with van der Waals surface area (Å²) in [4.78, 5) is 16.8. The number of benzene rings is 2. The van der Waals surface area contributed by atoms with Crippen LogP contribution >= 0.6 is 0 Å². The standard InChI is InChI=1S/C22H27N3O2/c1-15(2)17-7-5-16(6-8-17)13-21-22(26)25(12-11-24(3)4)19-14-18(23)9-10-20(19)27-21/h5-10,13-15H,11-12,23H2,1-4H3/b21-13+. The zero-order chi connectivity index (χ0) is 19.6. The Morgan fingerprint density at radius 2 is 1.85 bits per heavy atom. The molecular formula is C22H27N3O2. The minimum absolute atomic E-state index is 0.150. The lowest BCUT2D eigenvalue weighted by atomic mass is 10.0. The second-order valence-electron chi connectivity index (χ2n) is 7.42. The van der Waals surface area contributed by atoms with Crippen molar-refractivity contribution in [2.24, 2.45) is 0 Å². The zero-order valence-electron chi connectivity index (χ0n) is 16.4. The molecule has 0 saturated heterocycles. The van der Waals surface area contributed by atoms with Crippen molar-refractivity contribution in [3.05, 3.63) is 59.4 Å². The van der Waals surface area contributed by atoms with Gasteiger partial charge in [-0.2, -0.15) is 0 Å². The third kappa shape index (κ3) is 4.31. The molecule has 0 radical (unpaired) electrons. The SMILES string of the molecule is CC(C)c1ccc(/C=C2/Oc3ccc(N)cc3N(CCN(C)C)C2=O)cc1. The second-order valence-corrected chi connectivity index (χ2v) is 7.42. The molecule has 2 N–H and O–H groups in total. The summed E-state index contributed by atoms with van der Waals surface area (Å²) in [5.74, 6) is 1.29. The second kappa shape index (κ2) is 7.84. The first-order chi connectivity index (χ1) is 12.8. The Balaban J connectivity index is 1.94. The van der Waals surface area contributed by atoms with Crippen LogP contribution in [0.5, 0.6) is 5.75 Å². The Morgan fingerprint density at radius 1 is 1.15 bits per heavy atom. The number of carbonyl (C=O) groups excluding carboxylic acids is 1. The monoisotopic (exact) mass is 365 g/mol. The Hall–Kier alpha value is -2.79. The molecule has 0 bridgehead atoms. The molecule has 1 aliphatic heterocycles. The Bertz CT molecular complexity index is 854. The van der Waals surface area contributed by atoms with Crippen molar-refractivity contribution in [2.75, 3.05) is 37.8 Å². The van der Waals surface area contributed by atoms with Crippen LogP contribution in [0.3, 0.4) is 0 Å². The molecule has 2 aromatic carbocycles. The summed E-state index contributed by atoms with van der Waals surface area (Å²) in [6.45, 7) is 5.63. The molecule has 27 heavy (non-hydrogen) atoms. The van der Waals surface area contributed by atoms with Crippen LogP contribution in [0.2, 0.25) is 0 Å². The molecule has 0 atom stereocenters. The highest BCUT2D eigenvalue weighted by Gasteiger charge is 2.30. The van der Waals surface area contributed by atoms with Crippen molar-refractivity contribution < 1.29 is 9.53 Å². The molecule has 1 amide bonds. The molecule has 5 heteroatoms. The summed E-state index contributed by atoms with van der Waals surface area (Å²) in [7, 11) is 3.97. The van der Waals surface area contributed by atoms with Crippen LogP contribution in [-0.2, 0) is 4.79 Å². The molecule has 5 nitrogen and oxygen atoms in total. The number of nitrogens with two attached hydrogens (primary N) is 1. The van der Waals surface area contributed by atoms with E-state index >= 15 is 0 Å². The molecule has 0 fully saturated rings. The molecule has 1 aliphatic rings. The van der Waals surface area contributed by atoms with Crippen LogP contribution in [-0.4, -0.2) is 38.0 Å². The van der Waals surface area contributed by atoms with E-state index in [-0.39, 0.29) is 5.91 Å². The lowest BCUT2D eigenvalue weighted by Crippen LogP contribution is -2.41. The lowest BCUT2D eigenvalue weighted by Gasteiger charge is -2.31. The van der Waals surface area contributed by atoms with Crippen LogP contribution in [0.15, 0.2) is 48.2 Å². The Labute approximate surface area is 161 Å². The molecule has 1 heterocycles. The van der Waals surface area contributed by atoms with Gasteiger partial charge in [0.05, 0.1) is 5.69 Å². The van der Waals surface area contributed by atoms with E-state index in [2.05, 4.69) is 26.0 Å². The van der Waals surface area contributed by atoms with Gasteiger partial charge in [0.25, 0.3) is 5.91 Å². The highest BCUT2D eigenvalue weighted by Crippen LogP contribution is 2.37. The number of hydrogen-bond donors (Lipinski definition) is 1. The number of amides is 1. The first-order valence-corrected chi connectivity index (χ1v) is 9.21. The number of carbonyl (C=O) groups is 1. The third-order valence-electron chi connectivity index (χ3n) is 4.62. The van der Waals surface area contributed by atoms with Crippen LogP contribution in [0, 0.1) is 0 Å². The van der Waals surface area contributed by atoms with E-state index in [1.165, 1.54) is 5.56 Å². The molecule has 0 spiro atoms. The van der Waals surface area contributed by atoms with E-state index < -0.39 is 0 Å². The summed E-state index contributed by atoms with van der Waals surface area (Å²) in [5.41, 5.74) is 9.45. The maximum absolute atomic E-state index is 13.1. The number of rotatable bonds is 5. The predicted molar refractivity (Wildman–Crippen MR) is 111 cm³/mol. The van der Waals surface area contributed by atoms with Gasteiger partial charge in [0.2, 0.25) is 0 Å². The number of anilines is 2. The van der Waals surface area contributed by atoms with Crippen molar-refractivity contribution in [1.29, 1.82) is 0 Å². The van der Waals surface area contributed by atoms with E-state index in [1.807, 2.05) is 37.2 Å². The van der Waals surface area contributed by atoms with Crippen molar-refractivity contribution in [1.82, 2.24) is 4.90 Å². The Kier molecular flexibility index (Phi) is 5.51. The molecule has 0 aromatic heterocycles. The van der Waals surface area contributed by atoms with Crippen LogP contribution in [0.25, 0.3) is 6.08 Å². The molecule has 0 aliphatic carbocycles. The summed E-state index contributed by atoms with van der Waals surface area (Å²) >= 11 is 0. The van der Waals surface area contributed by atoms with Gasteiger partial charge in [-0.3, -0.25) is 4.79 Å². The average molecular weight is 365 g/mol. The zero-order valence-corrected chi connectivity index (χ0v) is 16.4. The van der Waals surface area contributed by atoms with E-state index in [0.717, 1.165) is 12.1 Å². The smallest absolute Gasteiger partial charge is 0.294 e. The number of likely N-dealkylation sites (N-methyl/N-ethyl adjacent to an activating group) is 1. The minimum atomic E-state index is -0.150. The first-order valence-electron chi connectivity index (χ1n) is 9.21. The van der Waals surface area contributed by atoms with E-state index in [4.69, 9.17) is 10.5 Å². The van der Waals surface area contributed by atoms with Crippen LogP contribution < -0.4 is 15.4 Å². The Morgan fingerprint density at radius 3 is 2.48 bits per heavy atom. The van der Waals surface area contributed by atoms with Crippen molar-refractivity contribution >= 4 is 23.4 Å². The van der Waals surface area contributed by atoms with Crippen LogP contribution in [0.1, 0.15) is 30.9 Å². The highest BCUT2D eigenvalue weighted by molar-refractivity contribution is 6.10. The van der Waals surface area contributed by atoms with Gasteiger partial charge in [-0.05, 0) is 55.4 Å². The van der Waals surface area contributed by atoms with Crippen LogP contribution in [0.4, 0.5) is 11.4 Å². The summed E-state index contributed by atoms with van der Waals surface area (Å²) in [6.07, 6.45) is 1.80. The van der Waals surface area contributed by atoms with Gasteiger partial charge in [0, 0.05) is 18.8 Å². The minimum Gasteiger partial charge on any atom is -0.449 e. The normalized spacial score (nSPS) is 15.4. The summed E-state index contributed by atoms with van der Waals surface area (Å²) in [5, 5.41) is 0. The maximum Gasteiger partial charge on any atom is 0.294 e. The number of nitrogen functional groups attached to an aromatic ring is 1. The molecular weight excluding hydrogens is 338 g/mol. The van der Waals surface area contributed by atoms with Crippen molar-refractivity contribution in [3.8, 4) is 5.75 Å². The molecule has 142 valence electrons. The number of fused-ring (bicyclic) bond motifs is 1. The van der Waals surface area contributed by atoms with Crippen molar-refractivity contribution in [2.45, 2.75) is 19.8 Å². The first kappa shape index (κ1) is 19.0. The third-order valence-corrected chi connectivity index (χ3v) is 4.62. The van der Waals surface area contributed by atoms with Gasteiger partial charge in [-0.15, -0.1) is 0 Å². The molecule has 3 rings (SSSR count). The fourth-order valence-corrected chi connectivity index (χ4v) is 2.98. The number of hydrogen-bond acceptors (Lipinski definition) is 4. The van der Waals surface area contributed by atoms with E-state index in [9.17, 15) is 4.79 Å². The van der Waals surface area contributed by atoms with Gasteiger partial charge >= 0.3 is 0 Å². The van der Waals surface area contributed by atoms with E-state index in [0.29, 0.717) is 35.3 Å². The van der Waals surface area contributed by atoms with Gasteiger partial charge in [0.15, 0.2) is 11.5 Å². The fraction of sp³-hybridized carbons (Fsp3) is 0.318. The topological polar surface area (TPSA) is 58.8 Å². The van der Waals surface area contributed by atoms with E-state index in [1.54, 1.807) is 23.1 Å².